The van der Waals surface area contributed by atoms with Crippen molar-refractivity contribution in [1.82, 2.24) is 0 Å². The zero-order valence-corrected chi connectivity index (χ0v) is 20.7. The van der Waals surface area contributed by atoms with E-state index in [-0.39, 0.29) is 65.3 Å². The zero-order chi connectivity index (χ0) is 25.4. The summed E-state index contributed by atoms with van der Waals surface area (Å²) in [6, 6.07) is 17.3. The van der Waals surface area contributed by atoms with Crippen LogP contribution in [-0.2, 0) is 28.7 Å². The minimum absolute atomic E-state index is 0.200. The highest BCUT2D eigenvalue weighted by atomic mass is 16.6. The van der Waals surface area contributed by atoms with Crippen molar-refractivity contribution in [2.24, 2.45) is 47.3 Å². The van der Waals surface area contributed by atoms with Crippen molar-refractivity contribution in [2.75, 3.05) is 7.11 Å². The monoisotopic (exact) mass is 498 g/mol. The maximum Gasteiger partial charge on any atom is 0.317 e. The highest BCUT2D eigenvalue weighted by Crippen LogP contribution is 2.61. The van der Waals surface area contributed by atoms with Crippen LogP contribution in [0.5, 0.6) is 0 Å². The summed E-state index contributed by atoms with van der Waals surface area (Å²) < 4.78 is 9.93. The fourth-order valence-corrected chi connectivity index (χ4v) is 8.95. The van der Waals surface area contributed by atoms with Gasteiger partial charge in [0, 0.05) is 5.92 Å². The van der Waals surface area contributed by atoms with Gasteiger partial charge in [-0.25, -0.2) is 0 Å². The number of aldehydes is 1. The summed E-state index contributed by atoms with van der Waals surface area (Å²) in [6.07, 6.45) is 4.70. The molecule has 0 N–H and O–H groups in total. The molecule has 5 fully saturated rings. The Hall–Kier alpha value is -3.28. The average Bonchev–Trinajstić information content (AvgIpc) is 3.74. The molecule has 10 unspecified atom stereocenters. The molecular weight excluding hydrogens is 468 g/mol. The third-order valence-corrected chi connectivity index (χ3v) is 10.5. The van der Waals surface area contributed by atoms with Gasteiger partial charge in [0.15, 0.2) is 0 Å². The van der Waals surface area contributed by atoms with Crippen molar-refractivity contribution in [1.29, 1.82) is 0 Å². The van der Waals surface area contributed by atoms with E-state index in [0.717, 1.165) is 43.1 Å². The summed E-state index contributed by atoms with van der Waals surface area (Å²) in [4.78, 5) is 48.4. The maximum absolute atomic E-state index is 12.3. The van der Waals surface area contributed by atoms with Crippen molar-refractivity contribution in [2.45, 2.75) is 37.5 Å². The van der Waals surface area contributed by atoms with Gasteiger partial charge in [-0.05, 0) is 83.4 Å². The number of cyclic esters (lactones) is 2. The lowest BCUT2D eigenvalue weighted by Gasteiger charge is -2.31. The molecule has 6 nitrogen and oxygen atoms in total. The van der Waals surface area contributed by atoms with Crippen LogP contribution >= 0.6 is 0 Å². The largest absolute Gasteiger partial charge is 0.469 e. The van der Waals surface area contributed by atoms with Gasteiger partial charge < -0.3 is 14.3 Å². The van der Waals surface area contributed by atoms with Gasteiger partial charge in [0.25, 0.3) is 0 Å². The molecule has 5 aliphatic rings. The lowest BCUT2D eigenvalue weighted by Crippen LogP contribution is -2.34. The summed E-state index contributed by atoms with van der Waals surface area (Å²) in [6.45, 7) is 0. The van der Waals surface area contributed by atoms with Gasteiger partial charge in [0.05, 0.1) is 24.9 Å². The number of esters is 3. The number of rotatable bonds is 5. The predicted octanol–water partition coefficient (Wildman–Crippen LogP) is 4.52. The number of hydrogen-bond donors (Lipinski definition) is 0. The number of ether oxygens (including phenoxy) is 2. The Balaban J connectivity index is 1.06. The molecule has 2 aromatic carbocycles. The normalized spacial score (nSPS) is 39.1. The van der Waals surface area contributed by atoms with E-state index in [1.54, 1.807) is 0 Å². The van der Waals surface area contributed by atoms with Crippen molar-refractivity contribution in [3.8, 4) is 11.1 Å². The van der Waals surface area contributed by atoms with Gasteiger partial charge in [0.1, 0.15) is 6.29 Å². The molecule has 0 amide bonds. The van der Waals surface area contributed by atoms with E-state index >= 15 is 0 Å². The highest BCUT2D eigenvalue weighted by molar-refractivity contribution is 5.97. The maximum atomic E-state index is 12.3. The first-order valence-electron chi connectivity index (χ1n) is 13.5. The van der Waals surface area contributed by atoms with Crippen LogP contribution < -0.4 is 0 Å². The topological polar surface area (TPSA) is 86.7 Å². The first-order valence-corrected chi connectivity index (χ1v) is 13.5. The summed E-state index contributed by atoms with van der Waals surface area (Å²) >= 11 is 0. The van der Waals surface area contributed by atoms with Crippen LogP contribution in [0.2, 0.25) is 0 Å². The summed E-state index contributed by atoms with van der Waals surface area (Å²) in [5, 5.41) is 0. The second-order valence-corrected chi connectivity index (χ2v) is 11.8. The number of fused-ring (bicyclic) bond motifs is 7. The van der Waals surface area contributed by atoms with E-state index in [2.05, 4.69) is 48.5 Å². The fraction of sp³-hybridized carbons (Fsp3) is 0.484. The van der Waals surface area contributed by atoms with Crippen LogP contribution in [0, 0.1) is 47.3 Å². The first kappa shape index (κ1) is 22.9. The second kappa shape index (κ2) is 8.37. The van der Waals surface area contributed by atoms with E-state index in [1.165, 1.54) is 18.2 Å². The second-order valence-electron chi connectivity index (χ2n) is 11.8. The number of hydrogen-bond acceptors (Lipinski definition) is 6. The number of benzene rings is 2. The quantitative estimate of drug-likeness (QED) is 0.342. The minimum Gasteiger partial charge on any atom is -0.469 e. The Labute approximate surface area is 215 Å². The van der Waals surface area contributed by atoms with Gasteiger partial charge in [-0.2, -0.15) is 0 Å². The Bertz CT molecular complexity index is 1280. The molecular formula is C31H30O6. The van der Waals surface area contributed by atoms with Crippen LogP contribution in [0.15, 0.2) is 48.5 Å². The van der Waals surface area contributed by atoms with Crippen molar-refractivity contribution >= 4 is 24.2 Å². The summed E-state index contributed by atoms with van der Waals surface area (Å²) in [5.41, 5.74) is 4.74. The van der Waals surface area contributed by atoms with Crippen molar-refractivity contribution < 1.29 is 28.7 Å². The molecule has 4 bridgehead atoms. The summed E-state index contributed by atoms with van der Waals surface area (Å²) in [7, 11) is 1.40. The molecule has 0 spiro atoms. The number of carbonyl (C=O) groups is 4. The third kappa shape index (κ3) is 3.30. The van der Waals surface area contributed by atoms with E-state index < -0.39 is 0 Å². The van der Waals surface area contributed by atoms with E-state index in [9.17, 15) is 19.2 Å². The lowest BCUT2D eigenvalue weighted by molar-refractivity contribution is -0.155. The zero-order valence-electron chi connectivity index (χ0n) is 20.7. The van der Waals surface area contributed by atoms with Gasteiger partial charge in [0.2, 0.25) is 0 Å². The molecule has 4 aliphatic carbocycles. The number of carbonyl (C=O) groups excluding carboxylic acids is 4. The molecule has 10 atom stereocenters. The van der Waals surface area contributed by atoms with E-state index in [0.29, 0.717) is 11.8 Å². The average molecular weight is 499 g/mol. The molecule has 1 aliphatic heterocycles. The van der Waals surface area contributed by atoms with Crippen LogP contribution in [0.4, 0.5) is 0 Å². The van der Waals surface area contributed by atoms with Gasteiger partial charge >= 0.3 is 17.9 Å². The van der Waals surface area contributed by atoms with Gasteiger partial charge in [-0.1, -0.05) is 48.5 Å². The molecule has 2 aromatic rings. The molecule has 1 heterocycles. The molecule has 190 valence electrons. The Morgan fingerprint density at radius 3 is 1.92 bits per heavy atom. The van der Waals surface area contributed by atoms with Crippen LogP contribution in [-0.4, -0.2) is 31.3 Å². The Morgan fingerprint density at radius 2 is 1.32 bits per heavy atom. The standard InChI is InChI=1S/C31H30O6/c1-36-29(33)26-19-10-21(23(12-19)25(26)14-32)17-6-2-15(3-7-17)16-4-8-18(9-5-16)22-11-20-13-24(22)28-27(20)30(34)37-31(28)35/h2-9,14,19-28H,10-13H2,1H3. The van der Waals surface area contributed by atoms with Crippen molar-refractivity contribution in [3.05, 3.63) is 59.7 Å². The van der Waals surface area contributed by atoms with Gasteiger partial charge in [-0.15, -0.1) is 0 Å². The molecule has 4 saturated carbocycles. The molecule has 0 radical (unpaired) electrons. The van der Waals surface area contributed by atoms with Crippen LogP contribution in [0.1, 0.15) is 48.6 Å². The molecule has 7 rings (SSSR count). The molecule has 0 aromatic heterocycles. The Kier molecular flexibility index (Phi) is 5.18. The van der Waals surface area contributed by atoms with Gasteiger partial charge in [-0.3, -0.25) is 14.4 Å². The smallest absolute Gasteiger partial charge is 0.317 e. The fourth-order valence-electron chi connectivity index (χ4n) is 8.95. The third-order valence-electron chi connectivity index (χ3n) is 10.5. The number of methoxy groups -OCH3 is 1. The minimum atomic E-state index is -0.320. The summed E-state index contributed by atoms with van der Waals surface area (Å²) in [5.74, 6) is -0.401. The first-order chi connectivity index (χ1) is 18.0. The Morgan fingerprint density at radius 1 is 0.784 bits per heavy atom. The predicted molar refractivity (Wildman–Crippen MR) is 133 cm³/mol. The lowest BCUT2D eigenvalue weighted by atomic mass is 9.72. The SMILES string of the molecule is COC(=O)C1C2CC(c3ccc(-c4ccc(C5CC6CC5C5C(=O)OC(=O)C65)cc4)cc3)C(C2)C1C=O. The van der Waals surface area contributed by atoms with Crippen LogP contribution in [0.3, 0.4) is 0 Å². The van der Waals surface area contributed by atoms with Crippen LogP contribution in [0.25, 0.3) is 11.1 Å². The van der Waals surface area contributed by atoms with Crippen molar-refractivity contribution in [3.63, 3.8) is 0 Å². The molecule has 1 saturated heterocycles. The highest BCUT2D eigenvalue weighted by Gasteiger charge is 2.63. The van der Waals surface area contributed by atoms with E-state index in [4.69, 9.17) is 9.47 Å². The molecule has 37 heavy (non-hydrogen) atoms. The van der Waals surface area contributed by atoms with E-state index in [1.807, 2.05) is 0 Å². The molecule has 6 heteroatoms.